The molecule has 0 amide bonds. The molecular formula is C8H16O4. The van der Waals surface area contributed by atoms with Gasteiger partial charge in [-0.3, -0.25) is 4.79 Å². The summed E-state index contributed by atoms with van der Waals surface area (Å²) in [4.78, 5) is 10.8. The third-order valence-electron chi connectivity index (χ3n) is 1.34. The molecule has 4 heteroatoms. The Morgan fingerprint density at radius 1 is 1.33 bits per heavy atom. The minimum Gasteiger partial charge on any atom is -0.463 e. The fourth-order valence-electron chi connectivity index (χ4n) is 0.692. The summed E-state index contributed by atoms with van der Waals surface area (Å²) >= 11 is 0. The summed E-state index contributed by atoms with van der Waals surface area (Å²) in [6.45, 7) is 0.881. The van der Waals surface area contributed by atoms with Crippen LogP contribution in [0.25, 0.3) is 0 Å². The Labute approximate surface area is 72.5 Å². The molecule has 0 heterocycles. The van der Waals surface area contributed by atoms with Crippen LogP contribution in [0, 0.1) is 0 Å². The topological polar surface area (TPSA) is 55.8 Å². The maximum absolute atomic E-state index is 10.8. The number of carbonyl (C=O) groups is 1. The number of aliphatic hydroxyl groups excluding tert-OH is 1. The molecule has 0 spiro atoms. The van der Waals surface area contributed by atoms with Gasteiger partial charge in [-0.25, -0.2) is 0 Å². The van der Waals surface area contributed by atoms with E-state index in [9.17, 15) is 4.79 Å². The first kappa shape index (κ1) is 11.4. The zero-order valence-corrected chi connectivity index (χ0v) is 7.41. The Morgan fingerprint density at radius 2 is 2.08 bits per heavy atom. The van der Waals surface area contributed by atoms with Crippen LogP contribution in [0.15, 0.2) is 0 Å². The quantitative estimate of drug-likeness (QED) is 0.449. The Morgan fingerprint density at radius 3 is 2.67 bits per heavy atom. The number of carbonyl (C=O) groups excluding carboxylic acids is 1. The van der Waals surface area contributed by atoms with E-state index in [4.69, 9.17) is 14.6 Å². The minimum absolute atomic E-state index is 0.130. The van der Waals surface area contributed by atoms with E-state index in [1.165, 1.54) is 0 Å². The molecule has 0 aliphatic rings. The van der Waals surface area contributed by atoms with Gasteiger partial charge in [0.15, 0.2) is 0 Å². The van der Waals surface area contributed by atoms with Gasteiger partial charge < -0.3 is 14.6 Å². The first-order valence-corrected chi connectivity index (χ1v) is 4.06. The van der Waals surface area contributed by atoms with Crippen molar-refractivity contribution in [1.29, 1.82) is 0 Å². The first-order chi connectivity index (χ1) is 5.81. The molecule has 0 fully saturated rings. The third kappa shape index (κ3) is 7.50. The highest BCUT2D eigenvalue weighted by atomic mass is 16.6. The van der Waals surface area contributed by atoms with Crippen molar-refractivity contribution in [3.05, 3.63) is 0 Å². The van der Waals surface area contributed by atoms with E-state index < -0.39 is 0 Å². The van der Waals surface area contributed by atoms with Crippen LogP contribution in [0.5, 0.6) is 0 Å². The molecule has 0 aromatic heterocycles. The second kappa shape index (κ2) is 8.49. The SMILES string of the molecule is COCCOC(=O)CCCCO. The summed E-state index contributed by atoms with van der Waals surface area (Å²) in [6, 6.07) is 0. The highest BCUT2D eigenvalue weighted by Gasteiger charge is 2.00. The normalized spacial score (nSPS) is 9.83. The van der Waals surface area contributed by atoms with E-state index >= 15 is 0 Å². The maximum Gasteiger partial charge on any atom is 0.305 e. The lowest BCUT2D eigenvalue weighted by atomic mass is 10.2. The lowest BCUT2D eigenvalue weighted by Crippen LogP contribution is -2.09. The van der Waals surface area contributed by atoms with E-state index in [0.717, 1.165) is 0 Å². The number of unbranched alkanes of at least 4 members (excludes halogenated alkanes) is 1. The molecule has 1 N–H and O–H groups in total. The van der Waals surface area contributed by atoms with Crippen LogP contribution in [0.4, 0.5) is 0 Å². The molecule has 0 rings (SSSR count). The predicted octanol–water partition coefficient (Wildman–Crippen LogP) is 0.339. The van der Waals surface area contributed by atoms with Crippen molar-refractivity contribution in [3.8, 4) is 0 Å². The summed E-state index contributed by atoms with van der Waals surface area (Å²) in [7, 11) is 1.56. The Balaban J connectivity index is 3.10. The van der Waals surface area contributed by atoms with Gasteiger partial charge in [-0.2, -0.15) is 0 Å². The Hall–Kier alpha value is -0.610. The molecule has 0 saturated heterocycles. The van der Waals surface area contributed by atoms with Crippen molar-refractivity contribution in [2.24, 2.45) is 0 Å². The monoisotopic (exact) mass is 176 g/mol. The molecule has 0 bridgehead atoms. The molecule has 4 nitrogen and oxygen atoms in total. The van der Waals surface area contributed by atoms with Crippen LogP contribution in [-0.4, -0.2) is 38.0 Å². The molecule has 0 radical (unpaired) electrons. The van der Waals surface area contributed by atoms with E-state index in [1.54, 1.807) is 7.11 Å². The number of methoxy groups -OCH3 is 1. The average molecular weight is 176 g/mol. The molecule has 0 aliphatic carbocycles. The van der Waals surface area contributed by atoms with Crippen molar-refractivity contribution in [3.63, 3.8) is 0 Å². The maximum atomic E-state index is 10.8. The zero-order valence-electron chi connectivity index (χ0n) is 7.41. The third-order valence-corrected chi connectivity index (χ3v) is 1.34. The van der Waals surface area contributed by atoms with Gasteiger partial charge >= 0.3 is 5.97 Å². The van der Waals surface area contributed by atoms with Gasteiger partial charge in [0.1, 0.15) is 6.61 Å². The second-order valence-electron chi connectivity index (χ2n) is 2.39. The molecule has 0 aromatic rings. The molecule has 72 valence electrons. The molecule has 0 atom stereocenters. The van der Waals surface area contributed by atoms with Crippen LogP contribution < -0.4 is 0 Å². The van der Waals surface area contributed by atoms with Crippen LogP contribution in [0.3, 0.4) is 0 Å². The lowest BCUT2D eigenvalue weighted by molar-refractivity contribution is -0.145. The van der Waals surface area contributed by atoms with Gasteiger partial charge in [0.05, 0.1) is 6.61 Å². The molecule has 12 heavy (non-hydrogen) atoms. The van der Waals surface area contributed by atoms with Crippen molar-refractivity contribution in [1.82, 2.24) is 0 Å². The summed E-state index contributed by atoms with van der Waals surface area (Å²) < 4.78 is 9.48. The fraction of sp³-hybridized carbons (Fsp3) is 0.875. The summed E-state index contributed by atoms with van der Waals surface area (Å²) in [5.41, 5.74) is 0. The smallest absolute Gasteiger partial charge is 0.305 e. The number of hydrogen-bond acceptors (Lipinski definition) is 4. The number of rotatable bonds is 7. The van der Waals surface area contributed by atoms with Gasteiger partial charge in [0, 0.05) is 20.1 Å². The first-order valence-electron chi connectivity index (χ1n) is 4.06. The van der Waals surface area contributed by atoms with E-state index in [2.05, 4.69) is 0 Å². The molecule has 0 saturated carbocycles. The van der Waals surface area contributed by atoms with Crippen LogP contribution in [0.1, 0.15) is 19.3 Å². The van der Waals surface area contributed by atoms with E-state index in [1.807, 2.05) is 0 Å². The van der Waals surface area contributed by atoms with Gasteiger partial charge in [-0.05, 0) is 12.8 Å². The average Bonchev–Trinajstić information content (AvgIpc) is 2.06. The number of esters is 1. The predicted molar refractivity (Wildman–Crippen MR) is 43.8 cm³/mol. The largest absolute Gasteiger partial charge is 0.463 e. The summed E-state index contributed by atoms with van der Waals surface area (Å²) in [5.74, 6) is -0.222. The summed E-state index contributed by atoms with van der Waals surface area (Å²) in [5, 5.41) is 8.42. The van der Waals surface area contributed by atoms with E-state index in [0.29, 0.717) is 32.5 Å². The van der Waals surface area contributed by atoms with Crippen LogP contribution >= 0.6 is 0 Å². The molecule has 0 unspecified atom stereocenters. The van der Waals surface area contributed by atoms with Crippen molar-refractivity contribution < 1.29 is 19.4 Å². The fourth-order valence-corrected chi connectivity index (χ4v) is 0.692. The van der Waals surface area contributed by atoms with Gasteiger partial charge in [0.25, 0.3) is 0 Å². The van der Waals surface area contributed by atoms with Crippen molar-refractivity contribution >= 4 is 5.97 Å². The highest BCUT2D eigenvalue weighted by Crippen LogP contribution is 1.96. The van der Waals surface area contributed by atoms with Gasteiger partial charge in [-0.1, -0.05) is 0 Å². The Kier molecular flexibility index (Phi) is 8.05. The van der Waals surface area contributed by atoms with Crippen LogP contribution in [-0.2, 0) is 14.3 Å². The Bertz CT molecular complexity index is 102. The zero-order chi connectivity index (χ0) is 9.23. The van der Waals surface area contributed by atoms with Crippen LogP contribution in [0.2, 0.25) is 0 Å². The minimum atomic E-state index is -0.222. The number of aliphatic hydroxyl groups is 1. The van der Waals surface area contributed by atoms with Crippen molar-refractivity contribution in [2.75, 3.05) is 26.9 Å². The summed E-state index contributed by atoms with van der Waals surface area (Å²) in [6.07, 6.45) is 1.71. The van der Waals surface area contributed by atoms with Gasteiger partial charge in [-0.15, -0.1) is 0 Å². The lowest BCUT2D eigenvalue weighted by Gasteiger charge is -2.02. The standard InChI is InChI=1S/C8H16O4/c1-11-6-7-12-8(10)4-2-3-5-9/h9H,2-7H2,1H3. The second-order valence-corrected chi connectivity index (χ2v) is 2.39. The van der Waals surface area contributed by atoms with Gasteiger partial charge in [0.2, 0.25) is 0 Å². The number of ether oxygens (including phenoxy) is 2. The molecule has 0 aromatic carbocycles. The molecule has 0 aliphatic heterocycles. The molecular weight excluding hydrogens is 160 g/mol. The highest BCUT2D eigenvalue weighted by molar-refractivity contribution is 5.69. The number of hydrogen-bond donors (Lipinski definition) is 1. The van der Waals surface area contributed by atoms with E-state index in [-0.39, 0.29) is 12.6 Å². The van der Waals surface area contributed by atoms with Crippen molar-refractivity contribution in [2.45, 2.75) is 19.3 Å².